The number of rotatable bonds is 6. The van der Waals surface area contributed by atoms with Crippen LogP contribution in [0.3, 0.4) is 0 Å². The molecule has 1 aromatic rings. The third kappa shape index (κ3) is 6.21. The molecule has 3 N–H and O–H groups in total. The first-order valence-corrected chi connectivity index (χ1v) is 7.52. The summed E-state index contributed by atoms with van der Waals surface area (Å²) >= 11 is 5.67. The van der Waals surface area contributed by atoms with Gasteiger partial charge in [0.1, 0.15) is 5.75 Å². The summed E-state index contributed by atoms with van der Waals surface area (Å²) in [6, 6.07) is 6.24. The lowest BCUT2D eigenvalue weighted by Crippen LogP contribution is -2.26. The second-order valence-electron chi connectivity index (χ2n) is 3.86. The number of nitrogens with one attached hydrogen (secondary N) is 1. The lowest BCUT2D eigenvalue weighted by molar-refractivity contribution is -0.117. The van der Waals surface area contributed by atoms with Crippen molar-refractivity contribution < 1.29 is 18.0 Å². The molecule has 0 fully saturated rings. The van der Waals surface area contributed by atoms with Crippen LogP contribution in [-0.4, -0.2) is 31.7 Å². The van der Waals surface area contributed by atoms with Crippen LogP contribution in [0.25, 0.3) is 0 Å². The Morgan fingerprint density at radius 1 is 1.21 bits per heavy atom. The minimum Gasteiger partial charge on any atom is -0.370 e. The first-order valence-electron chi connectivity index (χ1n) is 5.33. The Morgan fingerprint density at radius 3 is 2.32 bits per heavy atom. The fourth-order valence-electron chi connectivity index (χ4n) is 1.26. The molecule has 2 amide bonds. The fourth-order valence-corrected chi connectivity index (χ4v) is 2.51. The normalized spacial score (nSPS) is 11.0. The number of halogens is 1. The molecule has 8 heteroatoms. The standard InChI is InChI=1S/C11H13ClN2O4S/c12-8-1-3-9(4-2-8)14-11(16)7-19(17,18)6-5-10(13)15/h1-4H,5-7H2,(H2,13,15)(H,14,16). The SMILES string of the molecule is NC(=O)CCS(=O)(=O)CC(=O)Nc1ccc(Cl)cc1. The van der Waals surface area contributed by atoms with Gasteiger partial charge in [-0.25, -0.2) is 8.42 Å². The Labute approximate surface area is 115 Å². The first kappa shape index (κ1) is 15.5. The van der Waals surface area contributed by atoms with Crippen LogP contribution < -0.4 is 11.1 Å². The second kappa shape index (κ2) is 6.53. The summed E-state index contributed by atoms with van der Waals surface area (Å²) in [6.45, 7) is 0. The lowest BCUT2D eigenvalue weighted by Gasteiger charge is -2.05. The molecule has 0 atom stereocenters. The summed E-state index contributed by atoms with van der Waals surface area (Å²) in [4.78, 5) is 22.0. The highest BCUT2D eigenvalue weighted by Crippen LogP contribution is 2.13. The van der Waals surface area contributed by atoms with Gasteiger partial charge in [0.25, 0.3) is 0 Å². The molecule has 19 heavy (non-hydrogen) atoms. The van der Waals surface area contributed by atoms with Gasteiger partial charge < -0.3 is 11.1 Å². The molecule has 0 saturated carbocycles. The zero-order valence-corrected chi connectivity index (χ0v) is 11.5. The molecule has 0 heterocycles. The summed E-state index contributed by atoms with van der Waals surface area (Å²) in [5, 5.41) is 2.93. The molecule has 1 rings (SSSR count). The van der Waals surface area contributed by atoms with E-state index in [-0.39, 0.29) is 6.42 Å². The van der Waals surface area contributed by atoms with Gasteiger partial charge in [0.2, 0.25) is 11.8 Å². The molecular formula is C11H13ClN2O4S. The van der Waals surface area contributed by atoms with E-state index in [0.717, 1.165) is 0 Å². The number of anilines is 1. The molecule has 0 aliphatic heterocycles. The van der Waals surface area contributed by atoms with E-state index < -0.39 is 33.2 Å². The van der Waals surface area contributed by atoms with E-state index >= 15 is 0 Å². The number of benzene rings is 1. The summed E-state index contributed by atoms with van der Waals surface area (Å²) in [6.07, 6.45) is -0.295. The topological polar surface area (TPSA) is 106 Å². The number of carbonyl (C=O) groups excluding carboxylic acids is 2. The second-order valence-corrected chi connectivity index (χ2v) is 6.48. The van der Waals surface area contributed by atoms with Crippen LogP contribution in [-0.2, 0) is 19.4 Å². The van der Waals surface area contributed by atoms with Crippen LogP contribution in [0.5, 0.6) is 0 Å². The van der Waals surface area contributed by atoms with Crippen molar-refractivity contribution in [2.24, 2.45) is 5.73 Å². The van der Waals surface area contributed by atoms with E-state index in [2.05, 4.69) is 5.32 Å². The Hall–Kier alpha value is -1.60. The molecular weight excluding hydrogens is 292 g/mol. The van der Waals surface area contributed by atoms with Crippen molar-refractivity contribution in [1.29, 1.82) is 0 Å². The molecule has 0 bridgehead atoms. The Kier molecular flexibility index (Phi) is 5.31. The largest absolute Gasteiger partial charge is 0.370 e. The zero-order valence-electron chi connectivity index (χ0n) is 9.93. The first-order chi connectivity index (χ1) is 8.78. The van der Waals surface area contributed by atoms with Gasteiger partial charge in [0.05, 0.1) is 5.75 Å². The van der Waals surface area contributed by atoms with Gasteiger partial charge in [-0.1, -0.05) is 11.6 Å². The maximum atomic E-state index is 11.5. The molecule has 6 nitrogen and oxygen atoms in total. The predicted molar refractivity (Wildman–Crippen MR) is 72.5 cm³/mol. The highest BCUT2D eigenvalue weighted by molar-refractivity contribution is 7.92. The summed E-state index contributed by atoms with van der Waals surface area (Å²) in [5.74, 6) is -2.52. The van der Waals surface area contributed by atoms with Gasteiger partial charge in [-0.15, -0.1) is 0 Å². The number of primary amides is 1. The Morgan fingerprint density at radius 2 is 1.79 bits per heavy atom. The average molecular weight is 305 g/mol. The van der Waals surface area contributed by atoms with Crippen molar-refractivity contribution in [2.75, 3.05) is 16.8 Å². The van der Waals surface area contributed by atoms with Gasteiger partial charge in [0, 0.05) is 17.1 Å². The molecule has 0 aliphatic carbocycles. The molecule has 0 spiro atoms. The molecule has 0 aromatic heterocycles. The van der Waals surface area contributed by atoms with Crippen LogP contribution >= 0.6 is 11.6 Å². The minimum absolute atomic E-state index is 0.295. The van der Waals surface area contributed by atoms with Crippen LogP contribution in [0, 0.1) is 0 Å². The van der Waals surface area contributed by atoms with Crippen molar-refractivity contribution in [3.8, 4) is 0 Å². The average Bonchev–Trinajstić information content (AvgIpc) is 2.29. The zero-order chi connectivity index (χ0) is 14.5. The smallest absolute Gasteiger partial charge is 0.239 e. The van der Waals surface area contributed by atoms with Crippen LogP contribution in [0.4, 0.5) is 5.69 Å². The number of hydrogen-bond donors (Lipinski definition) is 2. The third-order valence-corrected chi connectivity index (χ3v) is 3.92. The van der Waals surface area contributed by atoms with Crippen LogP contribution in [0.2, 0.25) is 5.02 Å². The van der Waals surface area contributed by atoms with E-state index in [4.69, 9.17) is 17.3 Å². The minimum atomic E-state index is -3.64. The molecule has 0 radical (unpaired) electrons. The monoisotopic (exact) mass is 304 g/mol. The highest BCUT2D eigenvalue weighted by atomic mass is 35.5. The quantitative estimate of drug-likeness (QED) is 0.801. The molecule has 1 aromatic carbocycles. The van der Waals surface area contributed by atoms with E-state index in [9.17, 15) is 18.0 Å². The van der Waals surface area contributed by atoms with Crippen molar-refractivity contribution in [3.63, 3.8) is 0 Å². The predicted octanol–water partition coefficient (Wildman–Crippen LogP) is 0.569. The number of carbonyl (C=O) groups is 2. The van der Waals surface area contributed by atoms with Gasteiger partial charge in [0.15, 0.2) is 9.84 Å². The van der Waals surface area contributed by atoms with E-state index in [1.54, 1.807) is 24.3 Å². The van der Waals surface area contributed by atoms with E-state index in [1.807, 2.05) is 0 Å². The maximum Gasteiger partial charge on any atom is 0.239 e. The number of hydrogen-bond acceptors (Lipinski definition) is 4. The van der Waals surface area contributed by atoms with Gasteiger partial charge in [-0.2, -0.15) is 0 Å². The summed E-state index contributed by atoms with van der Waals surface area (Å²) < 4.78 is 23.0. The van der Waals surface area contributed by atoms with Crippen molar-refractivity contribution >= 4 is 38.9 Å². The molecule has 0 aliphatic rings. The molecule has 0 saturated heterocycles. The van der Waals surface area contributed by atoms with Gasteiger partial charge in [-0.05, 0) is 24.3 Å². The highest BCUT2D eigenvalue weighted by Gasteiger charge is 2.17. The molecule has 0 unspecified atom stereocenters. The number of amides is 2. The number of sulfone groups is 1. The maximum absolute atomic E-state index is 11.5. The van der Waals surface area contributed by atoms with Crippen LogP contribution in [0.15, 0.2) is 24.3 Å². The van der Waals surface area contributed by atoms with Crippen molar-refractivity contribution in [1.82, 2.24) is 0 Å². The van der Waals surface area contributed by atoms with E-state index in [1.165, 1.54) is 0 Å². The Bertz CT molecular complexity index is 569. The van der Waals surface area contributed by atoms with Gasteiger partial charge >= 0.3 is 0 Å². The van der Waals surface area contributed by atoms with Crippen molar-refractivity contribution in [3.05, 3.63) is 29.3 Å². The molecule has 104 valence electrons. The fraction of sp³-hybridized carbons (Fsp3) is 0.273. The van der Waals surface area contributed by atoms with E-state index in [0.29, 0.717) is 10.7 Å². The van der Waals surface area contributed by atoms with Gasteiger partial charge in [-0.3, -0.25) is 9.59 Å². The summed E-state index contributed by atoms with van der Waals surface area (Å²) in [7, 11) is -3.64. The number of nitrogens with two attached hydrogens (primary N) is 1. The van der Waals surface area contributed by atoms with Crippen molar-refractivity contribution in [2.45, 2.75) is 6.42 Å². The summed E-state index contributed by atoms with van der Waals surface area (Å²) in [5.41, 5.74) is 5.30. The van der Waals surface area contributed by atoms with Crippen LogP contribution in [0.1, 0.15) is 6.42 Å². The third-order valence-electron chi connectivity index (χ3n) is 2.14. The lowest BCUT2D eigenvalue weighted by atomic mass is 10.3. The Balaban J connectivity index is 2.55.